The number of rotatable bonds is 7. The van der Waals surface area contributed by atoms with Crippen molar-refractivity contribution in [1.29, 1.82) is 0 Å². The topological polar surface area (TPSA) is 237 Å². The number of carbonyl (C=O) groups is 2. The highest BCUT2D eigenvalue weighted by Gasteiger charge is 2.82. The monoisotopic (exact) mass is 1210 g/mol. The Hall–Kier alpha value is -3.64. The predicted molar refractivity (Wildman–Crippen MR) is 325 cm³/mol. The number of aromatic hydroxyl groups is 2. The molecule has 15 nitrogen and oxygen atoms in total. The molecule has 18 rings (SSSR count). The number of carboxylic acid groups (broad SMARTS) is 1. The van der Waals surface area contributed by atoms with E-state index >= 15 is 0 Å². The first-order chi connectivity index (χ1) is 42.3. The number of phenols is 2. The SMILES string of the molecule is CC(=O)c1c(C)c(O)c2cc(C(=O)O)cc(O[C@@H]3O[C@@H]4[C@@H](O)C5(CCCC5)C[C@H]5O[C@@]4(C[C@@H]4C6=C5CC=C6[C@]5(CCCO)COC[C@H]6C[C@@]78C[C@]4(NN[C@@H]7C[C@]4(C[C@]7(CCC9(CCCC9)C7)[C@H]7CCC[C@@H]9CCC[C@@]9%10CC[C@]74C%10)C8)[C@@H]65)[C@H](O)[C@H]3O)c2c1O. The van der Waals surface area contributed by atoms with E-state index in [2.05, 4.69) is 16.9 Å². The van der Waals surface area contributed by atoms with Crippen molar-refractivity contribution in [2.45, 2.75) is 260 Å². The van der Waals surface area contributed by atoms with E-state index in [1.54, 1.807) is 0 Å². The molecule has 0 radical (unpaired) electrons. The number of carboxylic acids is 1. The predicted octanol–water partition coefficient (Wildman–Crippen LogP) is 11.1. The van der Waals surface area contributed by atoms with Gasteiger partial charge in [-0.25, -0.2) is 4.79 Å². The molecule has 476 valence electrons. The molecule has 11 aliphatic carbocycles. The standard InChI is InChI=1S/C73H96N2O13/c1-39-52(40(2)77)56(79)54-45(55(39)78)26-41(62(83)84)27-48(54)86-63-57(80)59(81)73-29-47-53-44(49(88-73)30-65(17-5-6-18-65)60(82)61(73)87-63)13-14-46(53)70(20-9-25-76)38-85-32-42-28-68-35-69(31-51(68)74-75-72(47,37-68)58(42)70)34-67(22-21-64(33-67)15-3-4-16-64)50-12-7-10-43-11-8-19-66(43)23-24-71(50,69)36-66/h14,26-27,42-43,47,49-51,57-61,63,74-76,78-82H,3-13,15-25,28-38H2,1-2H3,(H,83,84)/t42-,43-,47-,49-,50-,51-,57-,58+,59-,60-,61-,63-,66+,67-,68-,69+,70+,71+,72-,73+/m1/s1. The van der Waals surface area contributed by atoms with Crippen LogP contribution < -0.4 is 15.6 Å². The fourth-order valence-corrected chi connectivity index (χ4v) is 28.3. The molecule has 0 unspecified atom stereocenters. The van der Waals surface area contributed by atoms with Gasteiger partial charge in [-0.1, -0.05) is 44.6 Å². The Labute approximate surface area is 517 Å². The van der Waals surface area contributed by atoms with Crippen molar-refractivity contribution in [1.82, 2.24) is 10.9 Å². The van der Waals surface area contributed by atoms with Gasteiger partial charge in [-0.2, -0.15) is 0 Å². The van der Waals surface area contributed by atoms with Crippen molar-refractivity contribution < 1.29 is 64.3 Å². The second kappa shape index (κ2) is 18.8. The number of aliphatic hydroxyl groups excluding tert-OH is 4. The molecule has 5 aliphatic heterocycles. The van der Waals surface area contributed by atoms with Gasteiger partial charge in [-0.3, -0.25) is 15.6 Å². The van der Waals surface area contributed by atoms with Gasteiger partial charge in [-0.15, -0.1) is 0 Å². The van der Waals surface area contributed by atoms with Gasteiger partial charge in [0.25, 0.3) is 0 Å². The van der Waals surface area contributed by atoms with Gasteiger partial charge in [0.15, 0.2) is 5.78 Å². The summed E-state index contributed by atoms with van der Waals surface area (Å²) in [5.74, 6) is -1.39. The van der Waals surface area contributed by atoms with Crippen LogP contribution in [0.15, 0.2) is 34.9 Å². The fraction of sp³-hybridized carbons (Fsp3) is 0.781. The van der Waals surface area contributed by atoms with E-state index in [4.69, 9.17) is 18.9 Å². The molecule has 0 amide bonds. The van der Waals surface area contributed by atoms with E-state index in [0.29, 0.717) is 67.0 Å². The lowest BCUT2D eigenvalue weighted by atomic mass is 9.38. The summed E-state index contributed by atoms with van der Waals surface area (Å²) in [5.41, 5.74) is 10.8. The Bertz CT molecular complexity index is 3400. The van der Waals surface area contributed by atoms with Gasteiger partial charge in [0, 0.05) is 52.5 Å². The number of Topliss-reactive ketones (excluding diaryl/α,β-unsaturated/α-hetero) is 1. The van der Waals surface area contributed by atoms with Crippen molar-refractivity contribution in [3.63, 3.8) is 0 Å². The number of aromatic carboxylic acids is 1. The van der Waals surface area contributed by atoms with Crippen LogP contribution >= 0.6 is 0 Å². The van der Waals surface area contributed by atoms with Crippen molar-refractivity contribution in [2.75, 3.05) is 19.8 Å². The maximum atomic E-state index is 13.7. The zero-order chi connectivity index (χ0) is 60.1. The number of ether oxygens (including phenoxy) is 4. The maximum Gasteiger partial charge on any atom is 0.335 e. The molecule has 6 bridgehead atoms. The third-order valence-corrected chi connectivity index (χ3v) is 30.8. The summed E-state index contributed by atoms with van der Waals surface area (Å²) in [4.78, 5) is 25.9. The number of ketones is 1. The highest BCUT2D eigenvalue weighted by atomic mass is 16.7. The Kier molecular flexibility index (Phi) is 12.2. The largest absolute Gasteiger partial charge is 0.507 e. The van der Waals surface area contributed by atoms with E-state index < -0.39 is 82.0 Å². The lowest BCUT2D eigenvalue weighted by Crippen LogP contribution is -2.81. The van der Waals surface area contributed by atoms with Crippen molar-refractivity contribution in [2.24, 2.45) is 72.9 Å². The third-order valence-electron chi connectivity index (χ3n) is 30.8. The number of hydrazine groups is 1. The number of aliphatic hydroxyl groups is 4. The van der Waals surface area contributed by atoms with Gasteiger partial charge in [-0.05, 0) is 253 Å². The average molecular weight is 1210 g/mol. The number of allylic oxidation sites excluding steroid dienone is 1. The van der Waals surface area contributed by atoms with E-state index in [1.165, 1.54) is 165 Å². The van der Waals surface area contributed by atoms with E-state index in [-0.39, 0.29) is 80.9 Å². The van der Waals surface area contributed by atoms with Crippen LogP contribution in [0.4, 0.5) is 0 Å². The smallest absolute Gasteiger partial charge is 0.335 e. The van der Waals surface area contributed by atoms with Crippen LogP contribution in [0.5, 0.6) is 17.2 Å². The fourth-order valence-electron chi connectivity index (χ4n) is 28.3. The molecule has 2 aromatic rings. The normalized spacial score (nSPS) is 48.4. The van der Waals surface area contributed by atoms with E-state index in [1.807, 2.05) is 0 Å². The van der Waals surface area contributed by atoms with Crippen LogP contribution in [-0.2, 0) is 14.2 Å². The number of carbonyl (C=O) groups excluding carboxylic acids is 1. The van der Waals surface area contributed by atoms with Gasteiger partial charge in [0.1, 0.15) is 41.2 Å². The Morgan fingerprint density at radius 2 is 1.56 bits per heavy atom. The maximum absolute atomic E-state index is 13.7. The van der Waals surface area contributed by atoms with E-state index in [0.717, 1.165) is 43.9 Å². The minimum Gasteiger partial charge on any atom is -0.507 e. The molecule has 14 fully saturated rings. The second-order valence-electron chi connectivity index (χ2n) is 33.9. The molecule has 9 spiro atoms. The van der Waals surface area contributed by atoms with Gasteiger partial charge < -0.3 is 54.7 Å². The van der Waals surface area contributed by atoms with Gasteiger partial charge in [0.05, 0.1) is 35.3 Å². The van der Waals surface area contributed by atoms with Gasteiger partial charge >= 0.3 is 5.97 Å². The molecule has 15 heteroatoms. The van der Waals surface area contributed by atoms with Crippen LogP contribution in [0.1, 0.15) is 226 Å². The number of nitrogens with one attached hydrogen (secondary N) is 2. The molecule has 20 atom stereocenters. The lowest BCUT2D eigenvalue weighted by Gasteiger charge is -2.72. The van der Waals surface area contributed by atoms with Crippen molar-refractivity contribution in [3.8, 4) is 17.2 Å². The first kappa shape index (κ1) is 57.1. The number of phenolic OH excluding ortho intramolecular Hbond substituents is 2. The molecule has 88 heavy (non-hydrogen) atoms. The summed E-state index contributed by atoms with van der Waals surface area (Å²) in [6.07, 6.45) is 28.9. The molecule has 10 saturated carbocycles. The summed E-state index contributed by atoms with van der Waals surface area (Å²) in [7, 11) is 0. The first-order valence-corrected chi connectivity index (χ1v) is 35.2. The molecular weight excluding hydrogens is 1110 g/mol. The van der Waals surface area contributed by atoms with Crippen LogP contribution in [-0.4, -0.2) is 121 Å². The second-order valence-corrected chi connectivity index (χ2v) is 33.9. The molecule has 4 saturated heterocycles. The minimum atomic E-state index is -1.82. The lowest BCUT2D eigenvalue weighted by molar-refractivity contribution is -0.340. The summed E-state index contributed by atoms with van der Waals surface area (Å²) in [6.45, 7) is 4.06. The number of fused-ring (bicyclic) bond motifs is 5. The summed E-state index contributed by atoms with van der Waals surface area (Å²) >= 11 is 0. The highest BCUT2D eigenvalue weighted by Crippen LogP contribution is 2.87. The summed E-state index contributed by atoms with van der Waals surface area (Å²) < 4.78 is 28.8. The van der Waals surface area contributed by atoms with Crippen molar-refractivity contribution >= 4 is 22.5 Å². The summed E-state index contributed by atoms with van der Waals surface area (Å²) in [6, 6.07) is 2.65. The summed E-state index contributed by atoms with van der Waals surface area (Å²) in [5, 5.41) is 84.9. The van der Waals surface area contributed by atoms with Gasteiger partial charge in [0.2, 0.25) is 6.29 Å². The minimum absolute atomic E-state index is 0.0597. The molecule has 2 aromatic carbocycles. The quantitative estimate of drug-likeness (QED) is 0.0926. The zero-order valence-electron chi connectivity index (χ0n) is 52.1. The Balaban J connectivity index is 0.781. The average Bonchev–Trinajstić information content (AvgIpc) is 1.35. The first-order valence-electron chi connectivity index (χ1n) is 35.2. The van der Waals surface area contributed by atoms with E-state index in [9.17, 15) is 45.3 Å². The van der Waals surface area contributed by atoms with Crippen molar-refractivity contribution in [3.05, 3.63) is 51.6 Å². The zero-order valence-corrected chi connectivity index (χ0v) is 52.1. The van der Waals surface area contributed by atoms with Crippen LogP contribution in [0.2, 0.25) is 0 Å². The number of benzene rings is 2. The highest BCUT2D eigenvalue weighted by molar-refractivity contribution is 6.11. The molecule has 16 aliphatic rings. The molecule has 0 aromatic heterocycles. The number of hydrogen-bond donors (Lipinski definition) is 9. The molecule has 5 heterocycles. The Morgan fingerprint density at radius 3 is 2.35 bits per heavy atom. The van der Waals surface area contributed by atoms with Crippen LogP contribution in [0, 0.1) is 79.8 Å². The van der Waals surface area contributed by atoms with Crippen LogP contribution in [0.3, 0.4) is 0 Å². The Morgan fingerprint density at radius 1 is 0.784 bits per heavy atom. The third kappa shape index (κ3) is 7.04. The molecule has 9 N–H and O–H groups in total. The molecular formula is C73H96N2O13. The van der Waals surface area contributed by atoms with Crippen LogP contribution in [0.25, 0.3) is 10.8 Å². The number of hydrogen-bond acceptors (Lipinski definition) is 14.